The van der Waals surface area contributed by atoms with E-state index in [1.165, 1.54) is 5.56 Å². The Balaban J connectivity index is 2.03. The van der Waals surface area contributed by atoms with E-state index < -0.39 is 0 Å². The molecule has 5 nitrogen and oxygen atoms in total. The van der Waals surface area contributed by atoms with Gasteiger partial charge in [0, 0.05) is 6.42 Å². The van der Waals surface area contributed by atoms with E-state index in [9.17, 15) is 4.79 Å². The standard InChI is InChI=1S/C16H22N4O/c1-5-14-18-15(20-19-14)16(21)17-11(4)13-8-6-12(7-9-13)10(2)3/h6-11H,5H2,1-4H3,(H,17,21)(H,18,19,20). The van der Waals surface area contributed by atoms with Crippen LogP contribution in [0.3, 0.4) is 0 Å². The van der Waals surface area contributed by atoms with Crippen molar-refractivity contribution in [2.75, 3.05) is 0 Å². The summed E-state index contributed by atoms with van der Waals surface area (Å²) in [6.07, 6.45) is 0.729. The van der Waals surface area contributed by atoms with Crippen molar-refractivity contribution in [3.05, 3.63) is 47.0 Å². The molecular weight excluding hydrogens is 264 g/mol. The van der Waals surface area contributed by atoms with Crippen molar-refractivity contribution in [3.8, 4) is 0 Å². The van der Waals surface area contributed by atoms with Crippen LogP contribution in [0.15, 0.2) is 24.3 Å². The number of nitrogens with one attached hydrogen (secondary N) is 2. The molecule has 1 unspecified atom stereocenters. The van der Waals surface area contributed by atoms with Gasteiger partial charge in [0.05, 0.1) is 6.04 Å². The third-order valence-corrected chi connectivity index (χ3v) is 3.52. The third kappa shape index (κ3) is 3.68. The van der Waals surface area contributed by atoms with Crippen LogP contribution in [0.2, 0.25) is 0 Å². The zero-order valence-electron chi connectivity index (χ0n) is 13.0. The van der Waals surface area contributed by atoms with Crippen LogP contribution < -0.4 is 5.32 Å². The van der Waals surface area contributed by atoms with Crippen LogP contribution in [0.25, 0.3) is 0 Å². The molecule has 0 saturated carbocycles. The van der Waals surface area contributed by atoms with E-state index >= 15 is 0 Å². The van der Waals surface area contributed by atoms with E-state index in [2.05, 4.69) is 58.6 Å². The van der Waals surface area contributed by atoms with Crippen LogP contribution in [0.1, 0.15) is 67.2 Å². The predicted octanol–water partition coefficient (Wildman–Crippen LogP) is 2.98. The van der Waals surface area contributed by atoms with E-state index in [0.29, 0.717) is 11.7 Å². The Morgan fingerprint density at radius 1 is 1.19 bits per heavy atom. The number of aryl methyl sites for hydroxylation is 1. The maximum absolute atomic E-state index is 12.1. The Morgan fingerprint density at radius 2 is 1.81 bits per heavy atom. The minimum absolute atomic E-state index is 0.0812. The Bertz CT molecular complexity index is 601. The Hall–Kier alpha value is -2.17. The second-order valence-electron chi connectivity index (χ2n) is 5.48. The number of nitrogens with zero attached hydrogens (tertiary/aromatic N) is 2. The SMILES string of the molecule is CCc1nc(C(=O)NC(C)c2ccc(C(C)C)cc2)n[nH]1. The lowest BCUT2D eigenvalue weighted by Crippen LogP contribution is -2.27. The van der Waals surface area contributed by atoms with Gasteiger partial charge < -0.3 is 5.32 Å². The lowest BCUT2D eigenvalue weighted by atomic mass is 9.99. The predicted molar refractivity (Wildman–Crippen MR) is 82.2 cm³/mol. The number of carbonyl (C=O) groups is 1. The summed E-state index contributed by atoms with van der Waals surface area (Å²) in [5.41, 5.74) is 2.36. The molecule has 0 aliphatic heterocycles. The molecule has 0 radical (unpaired) electrons. The number of rotatable bonds is 5. The number of H-pyrrole nitrogens is 1. The number of amides is 1. The number of hydrogen-bond donors (Lipinski definition) is 2. The summed E-state index contributed by atoms with van der Waals surface area (Å²) in [5.74, 6) is 1.16. The number of aromatic amines is 1. The normalized spacial score (nSPS) is 12.4. The summed E-state index contributed by atoms with van der Waals surface area (Å²) >= 11 is 0. The number of benzene rings is 1. The molecule has 2 N–H and O–H groups in total. The van der Waals surface area contributed by atoms with Crippen LogP contribution in [-0.2, 0) is 6.42 Å². The second-order valence-corrected chi connectivity index (χ2v) is 5.48. The highest BCUT2D eigenvalue weighted by molar-refractivity contribution is 5.90. The highest BCUT2D eigenvalue weighted by atomic mass is 16.2. The first kappa shape index (κ1) is 15.2. The van der Waals surface area contributed by atoms with Gasteiger partial charge >= 0.3 is 0 Å². The van der Waals surface area contributed by atoms with Crippen molar-refractivity contribution < 1.29 is 4.79 Å². The molecule has 21 heavy (non-hydrogen) atoms. The van der Waals surface area contributed by atoms with Crippen LogP contribution in [0.4, 0.5) is 0 Å². The van der Waals surface area contributed by atoms with Crippen molar-refractivity contribution in [1.82, 2.24) is 20.5 Å². The summed E-state index contributed by atoms with van der Waals surface area (Å²) in [5, 5.41) is 9.58. The molecule has 0 saturated heterocycles. The van der Waals surface area contributed by atoms with E-state index in [1.807, 2.05) is 13.8 Å². The minimum Gasteiger partial charge on any atom is -0.343 e. The van der Waals surface area contributed by atoms with Gasteiger partial charge in [0.15, 0.2) is 0 Å². The average Bonchev–Trinajstić information content (AvgIpc) is 2.96. The van der Waals surface area contributed by atoms with Gasteiger partial charge in [-0.2, -0.15) is 0 Å². The Kier molecular flexibility index (Phi) is 4.73. The number of hydrogen-bond acceptors (Lipinski definition) is 3. The fourth-order valence-corrected chi connectivity index (χ4v) is 2.07. The van der Waals surface area contributed by atoms with Crippen molar-refractivity contribution in [3.63, 3.8) is 0 Å². The lowest BCUT2D eigenvalue weighted by molar-refractivity contribution is 0.0929. The summed E-state index contributed by atoms with van der Waals surface area (Å²) < 4.78 is 0. The van der Waals surface area contributed by atoms with E-state index in [0.717, 1.165) is 12.0 Å². The molecule has 0 aliphatic rings. The zero-order chi connectivity index (χ0) is 15.4. The van der Waals surface area contributed by atoms with Gasteiger partial charge in [-0.3, -0.25) is 9.89 Å². The summed E-state index contributed by atoms with van der Waals surface area (Å²) in [6, 6.07) is 8.23. The topological polar surface area (TPSA) is 70.7 Å². The van der Waals surface area contributed by atoms with Gasteiger partial charge in [-0.05, 0) is 24.0 Å². The molecule has 112 valence electrons. The van der Waals surface area contributed by atoms with Gasteiger partial charge in [0.1, 0.15) is 5.82 Å². The van der Waals surface area contributed by atoms with E-state index in [1.54, 1.807) is 0 Å². The van der Waals surface area contributed by atoms with Gasteiger partial charge in [-0.25, -0.2) is 4.98 Å². The first-order chi connectivity index (χ1) is 10.0. The van der Waals surface area contributed by atoms with Gasteiger partial charge in [-0.15, -0.1) is 5.10 Å². The molecular formula is C16H22N4O. The molecule has 1 amide bonds. The van der Waals surface area contributed by atoms with Crippen molar-refractivity contribution in [1.29, 1.82) is 0 Å². The monoisotopic (exact) mass is 286 g/mol. The fourth-order valence-electron chi connectivity index (χ4n) is 2.07. The quantitative estimate of drug-likeness (QED) is 0.887. The van der Waals surface area contributed by atoms with E-state index in [4.69, 9.17) is 0 Å². The molecule has 5 heteroatoms. The molecule has 0 aliphatic carbocycles. The highest BCUT2D eigenvalue weighted by Crippen LogP contribution is 2.18. The summed E-state index contributed by atoms with van der Waals surface area (Å²) in [4.78, 5) is 16.2. The molecule has 1 aromatic heterocycles. The maximum Gasteiger partial charge on any atom is 0.291 e. The molecule has 2 aromatic rings. The van der Waals surface area contributed by atoms with Crippen LogP contribution in [-0.4, -0.2) is 21.1 Å². The molecule has 0 spiro atoms. The average molecular weight is 286 g/mol. The molecule has 1 aromatic carbocycles. The zero-order valence-corrected chi connectivity index (χ0v) is 13.0. The maximum atomic E-state index is 12.1. The lowest BCUT2D eigenvalue weighted by Gasteiger charge is -2.14. The molecule has 0 bridgehead atoms. The van der Waals surface area contributed by atoms with Gasteiger partial charge in [-0.1, -0.05) is 45.0 Å². The van der Waals surface area contributed by atoms with Crippen molar-refractivity contribution in [2.24, 2.45) is 0 Å². The van der Waals surface area contributed by atoms with Gasteiger partial charge in [0.25, 0.3) is 5.91 Å². The van der Waals surface area contributed by atoms with E-state index in [-0.39, 0.29) is 17.8 Å². The Labute approximate surface area is 125 Å². The van der Waals surface area contributed by atoms with Crippen LogP contribution in [0.5, 0.6) is 0 Å². The largest absolute Gasteiger partial charge is 0.343 e. The minimum atomic E-state index is -0.258. The molecule has 1 atom stereocenters. The van der Waals surface area contributed by atoms with Gasteiger partial charge in [0.2, 0.25) is 5.82 Å². The Morgan fingerprint density at radius 3 is 2.33 bits per heavy atom. The molecule has 2 rings (SSSR count). The first-order valence-corrected chi connectivity index (χ1v) is 7.33. The summed E-state index contributed by atoms with van der Waals surface area (Å²) in [6.45, 7) is 8.24. The summed E-state index contributed by atoms with van der Waals surface area (Å²) in [7, 11) is 0. The number of carbonyl (C=O) groups excluding carboxylic acids is 1. The second kappa shape index (κ2) is 6.52. The first-order valence-electron chi connectivity index (χ1n) is 7.33. The van der Waals surface area contributed by atoms with Crippen LogP contribution in [0, 0.1) is 0 Å². The third-order valence-electron chi connectivity index (χ3n) is 3.52. The highest BCUT2D eigenvalue weighted by Gasteiger charge is 2.15. The fraction of sp³-hybridized carbons (Fsp3) is 0.438. The molecule has 1 heterocycles. The van der Waals surface area contributed by atoms with Crippen molar-refractivity contribution >= 4 is 5.91 Å². The van der Waals surface area contributed by atoms with Crippen LogP contribution >= 0.6 is 0 Å². The number of aromatic nitrogens is 3. The smallest absolute Gasteiger partial charge is 0.291 e. The molecule has 0 fully saturated rings. The van der Waals surface area contributed by atoms with Crippen molar-refractivity contribution in [2.45, 2.75) is 46.1 Å².